The van der Waals surface area contributed by atoms with E-state index < -0.39 is 24.2 Å². The third kappa shape index (κ3) is 5.41. The van der Waals surface area contributed by atoms with E-state index in [2.05, 4.69) is 5.32 Å². The van der Waals surface area contributed by atoms with Crippen LogP contribution in [0.25, 0.3) is 0 Å². The van der Waals surface area contributed by atoms with Crippen LogP contribution in [0.4, 0.5) is 0 Å². The van der Waals surface area contributed by atoms with Gasteiger partial charge < -0.3 is 25.8 Å². The van der Waals surface area contributed by atoms with E-state index in [-0.39, 0.29) is 30.9 Å². The first-order valence-corrected chi connectivity index (χ1v) is 8.73. The number of halogens is 1. The van der Waals surface area contributed by atoms with E-state index in [4.69, 9.17) is 10.5 Å². The van der Waals surface area contributed by atoms with E-state index in [0.717, 1.165) is 18.4 Å². The summed E-state index contributed by atoms with van der Waals surface area (Å²) < 4.78 is 5.71. The largest absolute Gasteiger partial charge is 0.382 e. The maximum atomic E-state index is 12.4. The summed E-state index contributed by atoms with van der Waals surface area (Å²) in [5, 5.41) is 12.7. The van der Waals surface area contributed by atoms with E-state index in [9.17, 15) is 14.7 Å². The zero-order chi connectivity index (χ0) is 17.8. The number of hydrogen-bond acceptors (Lipinski definition) is 5. The molecule has 7 nitrogen and oxygen atoms in total. The van der Waals surface area contributed by atoms with Gasteiger partial charge >= 0.3 is 0 Å². The highest BCUT2D eigenvalue weighted by Crippen LogP contribution is 2.19. The van der Waals surface area contributed by atoms with Gasteiger partial charge in [0.25, 0.3) is 11.8 Å². The second-order valence-corrected chi connectivity index (χ2v) is 6.75. The number of benzene rings is 1. The van der Waals surface area contributed by atoms with Crippen LogP contribution in [0.2, 0.25) is 0 Å². The predicted molar refractivity (Wildman–Crippen MR) is 98.6 cm³/mol. The molecule has 1 heterocycles. The van der Waals surface area contributed by atoms with Gasteiger partial charge in [0.1, 0.15) is 12.2 Å². The normalized spacial score (nSPS) is 21.8. The number of aliphatic hydroxyl groups excluding tert-OH is 1. The van der Waals surface area contributed by atoms with Crippen molar-refractivity contribution in [3.63, 3.8) is 0 Å². The van der Waals surface area contributed by atoms with Crippen molar-refractivity contribution in [2.75, 3.05) is 13.1 Å². The second-order valence-electron chi connectivity index (χ2n) is 6.75. The summed E-state index contributed by atoms with van der Waals surface area (Å²) in [4.78, 5) is 25.8. The number of ether oxygens (including phenoxy) is 1. The third-order valence-corrected chi connectivity index (χ3v) is 4.57. The van der Waals surface area contributed by atoms with Gasteiger partial charge in [0.2, 0.25) is 0 Å². The smallest absolute Gasteiger partial charge is 0.251 e. The Bertz CT molecular complexity index is 612. The zero-order valence-electron chi connectivity index (χ0n) is 14.5. The van der Waals surface area contributed by atoms with Crippen LogP contribution in [0.1, 0.15) is 24.8 Å². The summed E-state index contributed by atoms with van der Waals surface area (Å²) in [6, 6.07) is 9.03. The van der Waals surface area contributed by atoms with Crippen molar-refractivity contribution in [2.45, 2.75) is 50.2 Å². The Labute approximate surface area is 159 Å². The lowest BCUT2D eigenvalue weighted by atomic mass is 10.1. The van der Waals surface area contributed by atoms with Gasteiger partial charge in [-0.25, -0.2) is 0 Å². The van der Waals surface area contributed by atoms with E-state index in [1.54, 1.807) is 4.90 Å². The Kier molecular flexibility index (Phi) is 7.40. The minimum absolute atomic E-state index is 0. The molecule has 1 saturated heterocycles. The minimum atomic E-state index is -1.31. The molecule has 1 aliphatic carbocycles. The molecular formula is C18H26ClN3O4. The van der Waals surface area contributed by atoms with Crippen LogP contribution in [0.3, 0.4) is 0 Å². The summed E-state index contributed by atoms with van der Waals surface area (Å²) >= 11 is 0. The monoisotopic (exact) mass is 383 g/mol. The number of carbonyl (C=O) groups is 2. The molecule has 0 aromatic heterocycles. The van der Waals surface area contributed by atoms with Crippen molar-refractivity contribution in [3.05, 3.63) is 35.9 Å². The number of hydrogen-bond donors (Lipinski definition) is 3. The topological polar surface area (TPSA) is 105 Å². The molecule has 3 rings (SSSR count). The summed E-state index contributed by atoms with van der Waals surface area (Å²) in [6.07, 6.45) is 0.669. The molecule has 26 heavy (non-hydrogen) atoms. The second kappa shape index (κ2) is 9.32. The quantitative estimate of drug-likeness (QED) is 0.594. The first-order valence-electron chi connectivity index (χ1n) is 8.73. The molecule has 2 unspecified atom stereocenters. The number of rotatable bonds is 8. The highest BCUT2D eigenvalue weighted by atomic mass is 35.5. The average Bonchev–Trinajstić information content (AvgIpc) is 3.37. The Morgan fingerprint density at radius 2 is 2.00 bits per heavy atom. The van der Waals surface area contributed by atoms with Crippen LogP contribution in [0.5, 0.6) is 0 Å². The molecule has 1 aliphatic heterocycles. The summed E-state index contributed by atoms with van der Waals surface area (Å²) in [6.45, 7) is 1.04. The number of amides is 2. The maximum absolute atomic E-state index is 12.4. The lowest BCUT2D eigenvalue weighted by Crippen LogP contribution is -2.52. The molecule has 1 saturated carbocycles. The number of nitrogens with one attached hydrogen (secondary N) is 1. The van der Waals surface area contributed by atoms with Gasteiger partial charge in [0, 0.05) is 25.6 Å². The summed E-state index contributed by atoms with van der Waals surface area (Å²) in [7, 11) is 0. The third-order valence-electron chi connectivity index (χ3n) is 4.57. The van der Waals surface area contributed by atoms with Crippen LogP contribution < -0.4 is 11.1 Å². The molecule has 2 amide bonds. The predicted octanol–water partition coefficient (Wildman–Crippen LogP) is 0.193. The lowest BCUT2D eigenvalue weighted by molar-refractivity contribution is -0.139. The molecule has 4 N–H and O–H groups in total. The first kappa shape index (κ1) is 20.6. The van der Waals surface area contributed by atoms with Gasteiger partial charge in [-0.2, -0.15) is 0 Å². The Morgan fingerprint density at radius 3 is 2.65 bits per heavy atom. The van der Waals surface area contributed by atoms with Crippen molar-refractivity contribution < 1.29 is 19.4 Å². The van der Waals surface area contributed by atoms with Crippen molar-refractivity contribution in [2.24, 2.45) is 5.73 Å². The Hall–Kier alpha value is -1.67. The molecule has 2 aliphatic rings. The van der Waals surface area contributed by atoms with Crippen LogP contribution in [-0.2, 0) is 20.9 Å². The van der Waals surface area contributed by atoms with Crippen molar-refractivity contribution in [1.82, 2.24) is 10.2 Å². The average molecular weight is 384 g/mol. The van der Waals surface area contributed by atoms with Crippen LogP contribution >= 0.6 is 12.4 Å². The highest BCUT2D eigenvalue weighted by molar-refractivity contribution is 5.85. The summed E-state index contributed by atoms with van der Waals surface area (Å²) in [5.74, 6) is -0.597. The van der Waals surface area contributed by atoms with E-state index >= 15 is 0 Å². The molecular weight excluding hydrogens is 358 g/mol. The van der Waals surface area contributed by atoms with Gasteiger partial charge in [-0.1, -0.05) is 30.3 Å². The molecule has 1 aromatic carbocycles. The Balaban J connectivity index is 0.00000243. The molecule has 1 aromatic rings. The highest BCUT2D eigenvalue weighted by Gasteiger charge is 2.36. The van der Waals surface area contributed by atoms with Gasteiger partial charge in [-0.15, -0.1) is 12.4 Å². The van der Waals surface area contributed by atoms with E-state index in [1.807, 2.05) is 30.3 Å². The fourth-order valence-electron chi connectivity index (χ4n) is 2.88. The van der Waals surface area contributed by atoms with Gasteiger partial charge in [0.05, 0.1) is 12.6 Å². The van der Waals surface area contributed by atoms with Crippen LogP contribution in [0.15, 0.2) is 30.3 Å². The molecule has 0 radical (unpaired) electrons. The van der Waals surface area contributed by atoms with E-state index in [0.29, 0.717) is 19.6 Å². The first-order chi connectivity index (χ1) is 12.0. The fraction of sp³-hybridized carbons (Fsp3) is 0.556. The van der Waals surface area contributed by atoms with Crippen LogP contribution in [-0.4, -0.2) is 59.2 Å². The van der Waals surface area contributed by atoms with Crippen molar-refractivity contribution in [3.8, 4) is 0 Å². The van der Waals surface area contributed by atoms with Gasteiger partial charge in [-0.3, -0.25) is 9.59 Å². The minimum Gasteiger partial charge on any atom is -0.382 e. The van der Waals surface area contributed by atoms with E-state index in [1.165, 1.54) is 0 Å². The summed E-state index contributed by atoms with van der Waals surface area (Å²) in [5.41, 5.74) is 6.93. The van der Waals surface area contributed by atoms with Crippen LogP contribution in [0, 0.1) is 0 Å². The Morgan fingerprint density at radius 1 is 1.31 bits per heavy atom. The van der Waals surface area contributed by atoms with Crippen molar-refractivity contribution >= 4 is 24.2 Å². The lowest BCUT2D eigenvalue weighted by Gasteiger charge is -2.24. The fourth-order valence-corrected chi connectivity index (χ4v) is 2.88. The van der Waals surface area contributed by atoms with Gasteiger partial charge in [0.15, 0.2) is 0 Å². The SMILES string of the molecule is Cl.N[C@@H](CN1CCC(OCc2ccccc2)C1=O)C(O)C(=O)NC1CC1. The number of nitrogens with two attached hydrogens (primary N) is 1. The standard InChI is InChI=1S/C18H25N3O4.ClH/c19-14(16(22)17(23)20-13-6-7-13)10-21-9-8-15(18(21)24)25-11-12-4-2-1-3-5-12;/h1-5,13-16,22H,6-11,19H2,(H,20,23);1H/t14-,15?,16?;/m0./s1. The zero-order valence-corrected chi connectivity index (χ0v) is 15.4. The number of nitrogens with zero attached hydrogens (tertiary/aromatic N) is 1. The number of likely N-dealkylation sites (tertiary alicyclic amines) is 1. The molecule has 8 heteroatoms. The molecule has 3 atom stereocenters. The molecule has 144 valence electrons. The number of aliphatic hydroxyl groups is 1. The molecule has 0 bridgehead atoms. The molecule has 2 fully saturated rings. The maximum Gasteiger partial charge on any atom is 0.251 e. The number of carbonyl (C=O) groups excluding carboxylic acids is 2. The van der Waals surface area contributed by atoms with Crippen molar-refractivity contribution in [1.29, 1.82) is 0 Å². The molecule has 0 spiro atoms. The van der Waals surface area contributed by atoms with Gasteiger partial charge in [-0.05, 0) is 18.4 Å².